The number of amides is 1. The fourth-order valence-electron chi connectivity index (χ4n) is 2.72. The van der Waals surface area contributed by atoms with Gasteiger partial charge in [-0.15, -0.1) is 0 Å². The van der Waals surface area contributed by atoms with Gasteiger partial charge in [-0.25, -0.2) is 9.37 Å². The van der Waals surface area contributed by atoms with Crippen LogP contribution in [-0.2, 0) is 0 Å². The molecule has 1 amide bonds. The molecule has 0 fully saturated rings. The van der Waals surface area contributed by atoms with Gasteiger partial charge < -0.3 is 4.52 Å². The van der Waals surface area contributed by atoms with E-state index in [0.29, 0.717) is 27.3 Å². The molecule has 1 N–H and O–H groups in total. The molecule has 0 unspecified atom stereocenters. The number of nitrogens with zero attached hydrogens (tertiary/aromatic N) is 3. The molecule has 8 heteroatoms. The minimum absolute atomic E-state index is 0.0878. The third-order valence-electron chi connectivity index (χ3n) is 4.18. The van der Waals surface area contributed by atoms with Crippen LogP contribution in [0.2, 0.25) is 0 Å². The van der Waals surface area contributed by atoms with E-state index in [0.717, 1.165) is 11.3 Å². The van der Waals surface area contributed by atoms with E-state index < -0.39 is 5.82 Å². The Hall–Kier alpha value is -3.39. The summed E-state index contributed by atoms with van der Waals surface area (Å²) < 4.78 is 18.5. The van der Waals surface area contributed by atoms with E-state index in [4.69, 9.17) is 4.52 Å². The van der Waals surface area contributed by atoms with Crippen molar-refractivity contribution in [2.75, 3.05) is 5.32 Å². The maximum absolute atomic E-state index is 13.1. The molecule has 0 radical (unpaired) electrons. The molecule has 4 aromatic rings. The lowest BCUT2D eigenvalue weighted by Gasteiger charge is -2.02. The molecule has 0 aliphatic carbocycles. The number of halogens is 1. The van der Waals surface area contributed by atoms with E-state index >= 15 is 0 Å². The van der Waals surface area contributed by atoms with Crippen molar-refractivity contribution in [1.29, 1.82) is 0 Å². The molecule has 0 bridgehead atoms. The van der Waals surface area contributed by atoms with Gasteiger partial charge in [-0.3, -0.25) is 10.1 Å². The number of anilines is 1. The third kappa shape index (κ3) is 4.07. The number of hydrogen-bond acceptors (Lipinski definition) is 6. The number of hydrogen-bond donors (Lipinski definition) is 1. The highest BCUT2D eigenvalue weighted by Gasteiger charge is 2.22. The van der Waals surface area contributed by atoms with Crippen molar-refractivity contribution in [3.8, 4) is 22.2 Å². The van der Waals surface area contributed by atoms with Crippen LogP contribution in [0, 0.1) is 5.82 Å². The molecule has 2 aromatic heterocycles. The van der Waals surface area contributed by atoms with Crippen molar-refractivity contribution in [3.05, 3.63) is 71.7 Å². The monoisotopic (exact) mass is 408 g/mol. The molecule has 0 saturated carbocycles. The molecule has 29 heavy (non-hydrogen) atoms. The fourth-order valence-corrected chi connectivity index (χ4v) is 3.76. The first-order valence-electron chi connectivity index (χ1n) is 8.98. The molecule has 0 saturated heterocycles. The van der Waals surface area contributed by atoms with Crippen molar-refractivity contribution in [2.45, 2.75) is 19.8 Å². The Morgan fingerprint density at radius 2 is 1.79 bits per heavy atom. The van der Waals surface area contributed by atoms with Crippen molar-refractivity contribution in [1.82, 2.24) is 15.1 Å². The second-order valence-electron chi connectivity index (χ2n) is 6.64. The topological polar surface area (TPSA) is 80.9 Å². The molecular formula is C21H17FN4O2S. The maximum Gasteiger partial charge on any atom is 0.270 e. The van der Waals surface area contributed by atoms with Gasteiger partial charge in [0.25, 0.3) is 11.8 Å². The molecule has 6 nitrogen and oxygen atoms in total. The number of carbonyl (C=O) groups excluding carboxylic acids is 1. The predicted octanol–water partition coefficient (Wildman–Crippen LogP) is 5.37. The van der Waals surface area contributed by atoms with Gasteiger partial charge in [0.05, 0.1) is 5.69 Å². The molecular weight excluding hydrogens is 391 g/mol. The standard InChI is InChI=1S/C21H17FN4O2S/c1-12(2)16-17(20-24-18(26-28-20)13-6-4-3-5-7-13)29-21(23-16)25-19(27)14-8-10-15(22)11-9-14/h3-12H,1-2H3,(H,23,25,27). The summed E-state index contributed by atoms with van der Waals surface area (Å²) in [6.07, 6.45) is 0. The largest absolute Gasteiger partial charge is 0.333 e. The molecule has 0 spiro atoms. The number of rotatable bonds is 5. The SMILES string of the molecule is CC(C)c1nc(NC(=O)c2ccc(F)cc2)sc1-c1nc(-c2ccccc2)no1. The minimum atomic E-state index is -0.397. The molecule has 2 heterocycles. The Balaban J connectivity index is 1.63. The van der Waals surface area contributed by atoms with Crippen LogP contribution in [0.15, 0.2) is 59.1 Å². The number of nitrogens with one attached hydrogen (secondary N) is 1. The minimum Gasteiger partial charge on any atom is -0.333 e. The zero-order chi connectivity index (χ0) is 20.4. The lowest BCUT2D eigenvalue weighted by molar-refractivity contribution is 0.102. The second-order valence-corrected chi connectivity index (χ2v) is 7.64. The van der Waals surface area contributed by atoms with E-state index in [1.807, 2.05) is 44.2 Å². The molecule has 0 aliphatic rings. The molecule has 146 valence electrons. The summed E-state index contributed by atoms with van der Waals surface area (Å²) in [4.78, 5) is 22.2. The zero-order valence-corrected chi connectivity index (χ0v) is 16.5. The summed E-state index contributed by atoms with van der Waals surface area (Å²) >= 11 is 1.26. The second kappa shape index (κ2) is 7.92. The summed E-state index contributed by atoms with van der Waals surface area (Å²) in [5, 5.41) is 7.23. The van der Waals surface area contributed by atoms with Gasteiger partial charge in [-0.05, 0) is 30.2 Å². The highest BCUT2D eigenvalue weighted by Crippen LogP contribution is 2.37. The lowest BCUT2D eigenvalue weighted by atomic mass is 10.1. The van der Waals surface area contributed by atoms with E-state index in [1.165, 1.54) is 35.6 Å². The number of aromatic nitrogens is 3. The van der Waals surface area contributed by atoms with Crippen LogP contribution >= 0.6 is 11.3 Å². The first-order valence-corrected chi connectivity index (χ1v) is 9.80. The van der Waals surface area contributed by atoms with E-state index in [-0.39, 0.29) is 11.8 Å². The van der Waals surface area contributed by atoms with Crippen molar-refractivity contribution >= 4 is 22.4 Å². The van der Waals surface area contributed by atoms with Crippen LogP contribution in [0.4, 0.5) is 9.52 Å². The number of carbonyl (C=O) groups is 1. The van der Waals surface area contributed by atoms with Crippen LogP contribution < -0.4 is 5.32 Å². The Morgan fingerprint density at radius 3 is 2.48 bits per heavy atom. The quantitative estimate of drug-likeness (QED) is 0.480. The Morgan fingerprint density at radius 1 is 1.07 bits per heavy atom. The summed E-state index contributed by atoms with van der Waals surface area (Å²) in [7, 11) is 0. The fraction of sp³-hybridized carbons (Fsp3) is 0.143. The van der Waals surface area contributed by atoms with E-state index in [9.17, 15) is 9.18 Å². The molecule has 0 atom stereocenters. The van der Waals surface area contributed by atoms with Crippen LogP contribution in [0.3, 0.4) is 0 Å². The van der Waals surface area contributed by atoms with Gasteiger partial charge in [0.2, 0.25) is 5.82 Å². The van der Waals surface area contributed by atoms with E-state index in [1.54, 1.807) is 0 Å². The summed E-state index contributed by atoms with van der Waals surface area (Å²) in [6.45, 7) is 4.00. The van der Waals surface area contributed by atoms with Crippen molar-refractivity contribution in [2.24, 2.45) is 0 Å². The third-order valence-corrected chi connectivity index (χ3v) is 5.15. The Kier molecular flexibility index (Phi) is 5.18. The highest BCUT2D eigenvalue weighted by atomic mass is 32.1. The summed E-state index contributed by atoms with van der Waals surface area (Å²) in [5.41, 5.74) is 1.95. The van der Waals surface area contributed by atoms with Gasteiger partial charge in [0.15, 0.2) is 5.13 Å². The zero-order valence-electron chi connectivity index (χ0n) is 15.7. The van der Waals surface area contributed by atoms with Gasteiger partial charge in [0, 0.05) is 11.1 Å². The van der Waals surface area contributed by atoms with Gasteiger partial charge in [-0.2, -0.15) is 4.98 Å². The average molecular weight is 408 g/mol. The van der Waals surface area contributed by atoms with Crippen LogP contribution in [-0.4, -0.2) is 21.0 Å². The van der Waals surface area contributed by atoms with Crippen LogP contribution in [0.25, 0.3) is 22.2 Å². The van der Waals surface area contributed by atoms with Crippen LogP contribution in [0.1, 0.15) is 35.8 Å². The summed E-state index contributed by atoms with van der Waals surface area (Å²) in [5.74, 6) is 0.166. The average Bonchev–Trinajstić information content (AvgIpc) is 3.36. The van der Waals surface area contributed by atoms with Crippen molar-refractivity contribution in [3.63, 3.8) is 0 Å². The predicted molar refractivity (Wildman–Crippen MR) is 109 cm³/mol. The normalized spacial score (nSPS) is 11.0. The number of benzene rings is 2. The Labute approximate surface area is 170 Å². The van der Waals surface area contributed by atoms with Gasteiger partial charge >= 0.3 is 0 Å². The Bertz CT molecular complexity index is 1140. The van der Waals surface area contributed by atoms with Gasteiger partial charge in [-0.1, -0.05) is 60.7 Å². The first-order chi connectivity index (χ1) is 14.0. The maximum atomic E-state index is 13.1. The smallest absolute Gasteiger partial charge is 0.270 e. The highest BCUT2D eigenvalue weighted by molar-refractivity contribution is 7.19. The molecule has 0 aliphatic heterocycles. The lowest BCUT2D eigenvalue weighted by Crippen LogP contribution is -2.11. The molecule has 2 aromatic carbocycles. The van der Waals surface area contributed by atoms with Crippen LogP contribution in [0.5, 0.6) is 0 Å². The van der Waals surface area contributed by atoms with E-state index in [2.05, 4.69) is 20.4 Å². The summed E-state index contributed by atoms with van der Waals surface area (Å²) in [6, 6.07) is 14.9. The number of thiazole rings is 1. The molecule has 4 rings (SSSR count). The first kappa shape index (κ1) is 18.9. The van der Waals surface area contributed by atoms with Crippen molar-refractivity contribution < 1.29 is 13.7 Å². The van der Waals surface area contributed by atoms with Gasteiger partial charge in [0.1, 0.15) is 10.7 Å².